The second kappa shape index (κ2) is 13.7. The van der Waals surface area contributed by atoms with Gasteiger partial charge in [0.15, 0.2) is 0 Å². The van der Waals surface area contributed by atoms with E-state index in [1.165, 1.54) is 38.3 Å². The molecule has 230 valence electrons. The number of rotatable bonds is 12. The molecule has 43 heavy (non-hydrogen) atoms. The number of methoxy groups -OCH3 is 2. The number of aliphatic carboxylic acids is 1. The zero-order chi connectivity index (χ0) is 31.3. The first-order valence-corrected chi connectivity index (χ1v) is 14.6. The zero-order valence-electron chi connectivity index (χ0n) is 25.0. The molecule has 4 amide bonds. The van der Waals surface area contributed by atoms with Gasteiger partial charge < -0.3 is 19.9 Å². The van der Waals surface area contributed by atoms with Crippen LogP contribution in [0.5, 0.6) is 11.5 Å². The SMILES string of the molecule is CNC(=O)C(C)N(C(=O)C(C1CCCCC1)C(CCN1C(=O)c2ccc(OC)cc2C1=O)C(=O)O)c1ccc(OC)cc1. The lowest BCUT2D eigenvalue weighted by Gasteiger charge is -2.38. The normalized spacial score (nSPS) is 17.1. The Morgan fingerprint density at radius 2 is 1.56 bits per heavy atom. The van der Waals surface area contributed by atoms with E-state index in [9.17, 15) is 29.1 Å². The topological polar surface area (TPSA) is 143 Å². The smallest absolute Gasteiger partial charge is 0.307 e. The van der Waals surface area contributed by atoms with Crippen molar-refractivity contribution in [2.45, 2.75) is 51.5 Å². The van der Waals surface area contributed by atoms with Crippen molar-refractivity contribution in [3.05, 3.63) is 53.6 Å². The fraction of sp³-hybridized carbons (Fsp3) is 0.469. The quantitative estimate of drug-likeness (QED) is 0.354. The van der Waals surface area contributed by atoms with Crippen molar-refractivity contribution in [1.29, 1.82) is 0 Å². The Labute approximate surface area is 251 Å². The Morgan fingerprint density at radius 3 is 2.14 bits per heavy atom. The molecule has 4 rings (SSSR count). The van der Waals surface area contributed by atoms with Crippen molar-refractivity contribution in [2.75, 3.05) is 32.7 Å². The number of carbonyl (C=O) groups excluding carboxylic acids is 4. The molecule has 2 aromatic rings. The number of anilines is 1. The molecule has 2 aliphatic rings. The summed E-state index contributed by atoms with van der Waals surface area (Å²) in [5.41, 5.74) is 0.852. The number of fused-ring (bicyclic) bond motifs is 1. The molecule has 1 fully saturated rings. The molecule has 11 heteroatoms. The molecule has 1 saturated carbocycles. The Morgan fingerprint density at radius 1 is 0.953 bits per heavy atom. The first-order valence-electron chi connectivity index (χ1n) is 14.6. The van der Waals surface area contributed by atoms with Crippen LogP contribution in [0, 0.1) is 17.8 Å². The van der Waals surface area contributed by atoms with Crippen LogP contribution in [0.25, 0.3) is 0 Å². The zero-order valence-corrected chi connectivity index (χ0v) is 25.0. The summed E-state index contributed by atoms with van der Waals surface area (Å²) in [6, 6.07) is 10.3. The molecule has 1 aliphatic heterocycles. The van der Waals surface area contributed by atoms with Gasteiger partial charge in [0, 0.05) is 19.3 Å². The maximum atomic E-state index is 14.6. The van der Waals surface area contributed by atoms with Gasteiger partial charge in [-0.15, -0.1) is 0 Å². The summed E-state index contributed by atoms with van der Waals surface area (Å²) in [6.45, 7) is 1.43. The number of likely N-dealkylation sites (N-methyl/N-ethyl adjacent to an activating group) is 1. The summed E-state index contributed by atoms with van der Waals surface area (Å²) in [4.78, 5) is 69.0. The molecule has 3 unspecified atom stereocenters. The fourth-order valence-electron chi connectivity index (χ4n) is 6.29. The molecule has 2 N–H and O–H groups in total. The third-order valence-electron chi connectivity index (χ3n) is 8.64. The van der Waals surface area contributed by atoms with Gasteiger partial charge in [0.1, 0.15) is 17.5 Å². The van der Waals surface area contributed by atoms with Gasteiger partial charge >= 0.3 is 5.97 Å². The van der Waals surface area contributed by atoms with Gasteiger partial charge in [-0.2, -0.15) is 0 Å². The van der Waals surface area contributed by atoms with E-state index in [0.29, 0.717) is 30.0 Å². The maximum absolute atomic E-state index is 14.6. The number of hydrogen-bond donors (Lipinski definition) is 2. The largest absolute Gasteiger partial charge is 0.497 e. The van der Waals surface area contributed by atoms with Crippen LogP contribution >= 0.6 is 0 Å². The lowest BCUT2D eigenvalue weighted by molar-refractivity contribution is -0.149. The van der Waals surface area contributed by atoms with Crippen molar-refractivity contribution in [3.63, 3.8) is 0 Å². The highest BCUT2D eigenvalue weighted by molar-refractivity contribution is 6.21. The predicted octanol–water partition coefficient (Wildman–Crippen LogP) is 3.75. The predicted molar refractivity (Wildman–Crippen MR) is 158 cm³/mol. The average Bonchev–Trinajstić information content (AvgIpc) is 3.27. The number of carbonyl (C=O) groups is 5. The standard InChI is InChI=1S/C32H39N3O8/c1-19(28(36)33-2)35(21-10-12-22(42-3)13-11-21)31(39)27(20-8-6-5-7-9-20)25(32(40)41)16-17-34-29(37)24-15-14-23(43-4)18-26(24)30(34)38/h10-15,18-20,25,27H,5-9,16-17H2,1-4H3,(H,33,36)(H,40,41). The lowest BCUT2D eigenvalue weighted by atomic mass is 9.72. The molecule has 1 aliphatic carbocycles. The Balaban J connectivity index is 1.68. The molecular weight excluding hydrogens is 554 g/mol. The van der Waals surface area contributed by atoms with Crippen molar-refractivity contribution < 1.29 is 38.6 Å². The van der Waals surface area contributed by atoms with Crippen LogP contribution in [-0.4, -0.2) is 73.5 Å². The van der Waals surface area contributed by atoms with Crippen molar-refractivity contribution in [3.8, 4) is 11.5 Å². The molecule has 11 nitrogen and oxygen atoms in total. The third-order valence-corrected chi connectivity index (χ3v) is 8.64. The van der Waals surface area contributed by atoms with E-state index in [-0.39, 0.29) is 30.0 Å². The molecule has 1 heterocycles. The van der Waals surface area contributed by atoms with Gasteiger partial charge in [0.25, 0.3) is 11.8 Å². The van der Waals surface area contributed by atoms with Crippen LogP contribution in [0.1, 0.15) is 66.2 Å². The highest BCUT2D eigenvalue weighted by Crippen LogP contribution is 2.39. The van der Waals surface area contributed by atoms with Crippen LogP contribution in [-0.2, 0) is 14.4 Å². The summed E-state index contributed by atoms with van der Waals surface area (Å²) in [6.07, 6.45) is 3.92. The molecule has 0 bridgehead atoms. The summed E-state index contributed by atoms with van der Waals surface area (Å²) in [7, 11) is 4.46. The van der Waals surface area contributed by atoms with Gasteiger partial charge in [-0.25, -0.2) is 0 Å². The minimum Gasteiger partial charge on any atom is -0.497 e. The van der Waals surface area contributed by atoms with Crippen LogP contribution < -0.4 is 19.7 Å². The number of carboxylic acids is 1. The number of carboxylic acid groups (broad SMARTS) is 1. The van der Waals surface area contributed by atoms with Gasteiger partial charge in [0.2, 0.25) is 11.8 Å². The molecule has 0 saturated heterocycles. The number of benzene rings is 2. The van der Waals surface area contributed by atoms with Crippen molar-refractivity contribution in [2.24, 2.45) is 17.8 Å². The van der Waals surface area contributed by atoms with Crippen LogP contribution in [0.2, 0.25) is 0 Å². The summed E-state index contributed by atoms with van der Waals surface area (Å²) in [5, 5.41) is 13.1. The van der Waals surface area contributed by atoms with Gasteiger partial charge in [0.05, 0.1) is 37.2 Å². The molecular formula is C32H39N3O8. The Hall–Kier alpha value is -4.41. The lowest BCUT2D eigenvalue weighted by Crippen LogP contribution is -2.53. The van der Waals surface area contributed by atoms with Crippen LogP contribution in [0.3, 0.4) is 0 Å². The van der Waals surface area contributed by atoms with E-state index in [1.54, 1.807) is 37.3 Å². The minimum absolute atomic E-state index is 0.115. The van der Waals surface area contributed by atoms with E-state index in [0.717, 1.165) is 24.2 Å². The van der Waals surface area contributed by atoms with Gasteiger partial charge in [-0.05, 0) is 74.6 Å². The third kappa shape index (κ3) is 6.50. The van der Waals surface area contributed by atoms with Gasteiger partial charge in [-0.1, -0.05) is 19.3 Å². The number of hydrogen-bond acceptors (Lipinski definition) is 7. The minimum atomic E-state index is -1.20. The van der Waals surface area contributed by atoms with Crippen molar-refractivity contribution >= 4 is 35.3 Å². The van der Waals surface area contributed by atoms with E-state index in [1.807, 2.05) is 0 Å². The summed E-state index contributed by atoms with van der Waals surface area (Å²) in [5.74, 6) is -4.55. The number of imide groups is 1. The van der Waals surface area contributed by atoms with E-state index in [2.05, 4.69) is 5.32 Å². The highest BCUT2D eigenvalue weighted by atomic mass is 16.5. The Bertz CT molecular complexity index is 1370. The second-order valence-corrected chi connectivity index (χ2v) is 11.0. The average molecular weight is 594 g/mol. The summed E-state index contributed by atoms with van der Waals surface area (Å²) < 4.78 is 10.4. The first-order chi connectivity index (χ1) is 20.6. The monoisotopic (exact) mass is 593 g/mol. The van der Waals surface area contributed by atoms with Crippen LogP contribution in [0.15, 0.2) is 42.5 Å². The highest BCUT2D eigenvalue weighted by Gasteiger charge is 2.45. The summed E-state index contributed by atoms with van der Waals surface area (Å²) >= 11 is 0. The number of ether oxygens (including phenoxy) is 2. The first kappa shape index (κ1) is 31.5. The molecule has 2 aromatic carbocycles. The van der Waals surface area contributed by atoms with Crippen molar-refractivity contribution in [1.82, 2.24) is 10.2 Å². The Kier molecular flexibility index (Phi) is 10.1. The fourth-order valence-corrected chi connectivity index (χ4v) is 6.29. The molecule has 0 radical (unpaired) electrons. The number of amides is 4. The van der Waals surface area contributed by atoms with E-state index < -0.39 is 47.5 Å². The molecule has 3 atom stereocenters. The second-order valence-electron chi connectivity index (χ2n) is 11.0. The van der Waals surface area contributed by atoms with E-state index in [4.69, 9.17) is 9.47 Å². The van der Waals surface area contributed by atoms with Crippen LogP contribution in [0.4, 0.5) is 5.69 Å². The number of nitrogens with zero attached hydrogens (tertiary/aromatic N) is 2. The molecule has 0 aromatic heterocycles. The maximum Gasteiger partial charge on any atom is 0.307 e. The number of nitrogens with one attached hydrogen (secondary N) is 1. The molecule has 0 spiro atoms. The van der Waals surface area contributed by atoms with E-state index >= 15 is 0 Å². The van der Waals surface area contributed by atoms with Gasteiger partial charge in [-0.3, -0.25) is 33.8 Å².